The van der Waals surface area contributed by atoms with Crippen LogP contribution in [0.2, 0.25) is 0 Å². The third-order valence-corrected chi connectivity index (χ3v) is 7.29. The monoisotopic (exact) mass is 550 g/mol. The first kappa shape index (κ1) is 30.1. The molecule has 1 aliphatic heterocycles. The lowest BCUT2D eigenvalue weighted by molar-refractivity contribution is -0.0520. The van der Waals surface area contributed by atoms with E-state index in [0.717, 1.165) is 31.5 Å². The number of hydrogen-bond donors (Lipinski definition) is 0. The number of nitrogens with zero attached hydrogens (tertiary/aromatic N) is 2. The van der Waals surface area contributed by atoms with E-state index in [0.29, 0.717) is 13.2 Å². The van der Waals surface area contributed by atoms with E-state index in [9.17, 15) is 4.79 Å². The molecule has 0 bridgehead atoms. The van der Waals surface area contributed by atoms with Crippen molar-refractivity contribution in [2.45, 2.75) is 70.9 Å². The maximum Gasteiger partial charge on any atom is 0.412 e. The second kappa shape index (κ2) is 14.2. The second-order valence-electron chi connectivity index (χ2n) is 11.6. The van der Waals surface area contributed by atoms with Crippen molar-refractivity contribution in [2.24, 2.45) is 0 Å². The van der Waals surface area contributed by atoms with Gasteiger partial charge >= 0.3 is 6.09 Å². The van der Waals surface area contributed by atoms with Crippen LogP contribution >= 0.6 is 0 Å². The van der Waals surface area contributed by atoms with Gasteiger partial charge in [-0.1, -0.05) is 96.8 Å². The smallest absolute Gasteiger partial charge is 0.412 e. The first-order valence-corrected chi connectivity index (χ1v) is 14.4. The van der Waals surface area contributed by atoms with Gasteiger partial charge in [0.2, 0.25) is 0 Å². The van der Waals surface area contributed by atoms with Crippen molar-refractivity contribution in [3.8, 4) is 11.8 Å². The molecule has 1 saturated heterocycles. The Hall–Kier alpha value is -3.85. The molecule has 41 heavy (non-hydrogen) atoms. The molecule has 0 radical (unpaired) electrons. The zero-order valence-corrected chi connectivity index (χ0v) is 24.8. The fourth-order valence-electron chi connectivity index (χ4n) is 5.33. The molecule has 214 valence electrons. The third kappa shape index (κ3) is 8.82. The van der Waals surface area contributed by atoms with Crippen LogP contribution in [0.3, 0.4) is 0 Å². The van der Waals surface area contributed by atoms with Crippen LogP contribution in [0, 0.1) is 11.8 Å². The summed E-state index contributed by atoms with van der Waals surface area (Å²) in [5.74, 6) is 6.44. The highest BCUT2D eigenvalue weighted by Crippen LogP contribution is 2.35. The van der Waals surface area contributed by atoms with Crippen molar-refractivity contribution >= 4 is 6.09 Å². The van der Waals surface area contributed by atoms with E-state index in [1.54, 1.807) is 4.90 Å². The maximum absolute atomic E-state index is 13.1. The lowest BCUT2D eigenvalue weighted by Gasteiger charge is -2.36. The Morgan fingerprint density at radius 1 is 0.927 bits per heavy atom. The maximum atomic E-state index is 13.1. The van der Waals surface area contributed by atoms with Crippen LogP contribution in [0.5, 0.6) is 0 Å². The van der Waals surface area contributed by atoms with E-state index in [2.05, 4.69) is 71.3 Å². The lowest BCUT2D eigenvalue weighted by Crippen LogP contribution is -2.52. The van der Waals surface area contributed by atoms with Crippen LogP contribution < -0.4 is 0 Å². The van der Waals surface area contributed by atoms with Gasteiger partial charge in [0.1, 0.15) is 5.72 Å². The fraction of sp³-hybridized carbons (Fsp3) is 0.361. The summed E-state index contributed by atoms with van der Waals surface area (Å²) in [6, 6.07) is 31.2. The zero-order chi connectivity index (χ0) is 29.1. The fourth-order valence-corrected chi connectivity index (χ4v) is 5.33. The summed E-state index contributed by atoms with van der Waals surface area (Å²) >= 11 is 0. The predicted molar refractivity (Wildman–Crippen MR) is 165 cm³/mol. The highest BCUT2D eigenvalue weighted by atomic mass is 16.6. The molecule has 1 heterocycles. The molecule has 1 fully saturated rings. The number of benzene rings is 3. The minimum atomic E-state index is -0.689. The predicted octanol–water partition coefficient (Wildman–Crippen LogP) is 7.43. The molecule has 1 amide bonds. The molecule has 1 aliphatic rings. The molecule has 0 unspecified atom stereocenters. The first-order chi connectivity index (χ1) is 19.7. The van der Waals surface area contributed by atoms with Crippen molar-refractivity contribution in [2.75, 3.05) is 13.2 Å². The number of amides is 1. The minimum Gasteiger partial charge on any atom is -0.449 e. The highest BCUT2D eigenvalue weighted by molar-refractivity contribution is 5.70. The lowest BCUT2D eigenvalue weighted by atomic mass is 10.0. The van der Waals surface area contributed by atoms with Gasteiger partial charge in [-0.25, -0.2) is 4.79 Å². The van der Waals surface area contributed by atoms with Gasteiger partial charge in [0.25, 0.3) is 0 Å². The van der Waals surface area contributed by atoms with Crippen LogP contribution in [0.1, 0.15) is 57.2 Å². The highest BCUT2D eigenvalue weighted by Gasteiger charge is 2.49. The number of rotatable bonds is 10. The molecule has 5 heteroatoms. The van der Waals surface area contributed by atoms with E-state index < -0.39 is 11.3 Å². The van der Waals surface area contributed by atoms with E-state index in [4.69, 9.17) is 9.47 Å². The molecule has 0 spiro atoms. The van der Waals surface area contributed by atoms with Crippen molar-refractivity contribution < 1.29 is 14.3 Å². The number of ether oxygens (including phenoxy) is 2. The standard InChI is InChI=1S/C36H42N2O3/c1-35(2)29-41-36(3,4)38(35)34(39)40-26-16-25-33(24-15-14-19-30-17-8-5-9-18-30)37(27-31-20-10-6-11-21-31)28-32-22-12-7-13-23-32/h5-13,15,17-18,20-24,33H,16,25-29H2,1-4H3/b24-15+/t33-/m1/s1. The minimum absolute atomic E-state index is 0.0992. The van der Waals surface area contributed by atoms with Gasteiger partial charge in [-0.15, -0.1) is 0 Å². The Labute approximate surface area is 245 Å². The summed E-state index contributed by atoms with van der Waals surface area (Å²) in [4.78, 5) is 17.2. The normalized spacial score (nSPS) is 16.4. The average molecular weight is 551 g/mol. The molecule has 3 aromatic rings. The molecule has 0 N–H and O–H groups in total. The van der Waals surface area contributed by atoms with Gasteiger partial charge in [-0.3, -0.25) is 9.80 Å². The second-order valence-corrected chi connectivity index (χ2v) is 11.6. The van der Waals surface area contributed by atoms with E-state index in [-0.39, 0.29) is 12.1 Å². The molecule has 4 rings (SSSR count). The van der Waals surface area contributed by atoms with Crippen LogP contribution in [-0.2, 0) is 22.6 Å². The summed E-state index contributed by atoms with van der Waals surface area (Å²) in [5.41, 5.74) is 2.39. The van der Waals surface area contributed by atoms with Gasteiger partial charge in [-0.05, 0) is 69.9 Å². The van der Waals surface area contributed by atoms with Crippen LogP contribution in [-0.4, -0.2) is 46.4 Å². The van der Waals surface area contributed by atoms with Crippen LogP contribution in [0.4, 0.5) is 4.79 Å². The van der Waals surface area contributed by atoms with Gasteiger partial charge in [-0.2, -0.15) is 0 Å². The van der Waals surface area contributed by atoms with E-state index in [1.807, 2.05) is 76.2 Å². The Balaban J connectivity index is 1.49. The summed E-state index contributed by atoms with van der Waals surface area (Å²) in [5, 5.41) is 0. The number of carbonyl (C=O) groups excluding carboxylic acids is 1. The largest absolute Gasteiger partial charge is 0.449 e. The number of carbonyl (C=O) groups is 1. The molecular weight excluding hydrogens is 508 g/mol. The van der Waals surface area contributed by atoms with Crippen molar-refractivity contribution in [3.63, 3.8) is 0 Å². The Kier molecular flexibility index (Phi) is 10.4. The van der Waals surface area contributed by atoms with Gasteiger partial charge in [0, 0.05) is 24.7 Å². The van der Waals surface area contributed by atoms with Gasteiger partial charge in [0.15, 0.2) is 0 Å². The Bertz CT molecular complexity index is 1270. The Morgan fingerprint density at radius 2 is 1.49 bits per heavy atom. The molecule has 5 nitrogen and oxygen atoms in total. The molecule has 0 saturated carbocycles. The number of hydrogen-bond acceptors (Lipinski definition) is 4. The van der Waals surface area contributed by atoms with Crippen molar-refractivity contribution in [1.29, 1.82) is 0 Å². The molecule has 3 aromatic carbocycles. The van der Waals surface area contributed by atoms with Gasteiger partial charge < -0.3 is 9.47 Å². The third-order valence-electron chi connectivity index (χ3n) is 7.29. The van der Waals surface area contributed by atoms with Crippen molar-refractivity contribution in [3.05, 3.63) is 120 Å². The van der Waals surface area contributed by atoms with Crippen LogP contribution in [0.25, 0.3) is 0 Å². The molecule has 0 aliphatic carbocycles. The van der Waals surface area contributed by atoms with Crippen molar-refractivity contribution in [1.82, 2.24) is 9.80 Å². The molecular formula is C36H42N2O3. The SMILES string of the molecule is CC1(C)COC(C)(C)N1C(=O)OCCC[C@@H](/C=C/C#Cc1ccccc1)N(Cc1ccccc1)Cc1ccccc1. The summed E-state index contributed by atoms with van der Waals surface area (Å²) in [6.07, 6.45) is 5.36. The Morgan fingerprint density at radius 3 is 2.02 bits per heavy atom. The summed E-state index contributed by atoms with van der Waals surface area (Å²) in [7, 11) is 0. The first-order valence-electron chi connectivity index (χ1n) is 14.4. The number of allylic oxidation sites excluding steroid dienone is 1. The zero-order valence-electron chi connectivity index (χ0n) is 24.8. The molecule has 0 aromatic heterocycles. The van der Waals surface area contributed by atoms with Gasteiger partial charge in [0.05, 0.1) is 18.8 Å². The topological polar surface area (TPSA) is 42.0 Å². The van der Waals surface area contributed by atoms with E-state index >= 15 is 0 Å². The summed E-state index contributed by atoms with van der Waals surface area (Å²) in [6.45, 7) is 10.2. The average Bonchev–Trinajstić information content (AvgIpc) is 3.20. The van der Waals surface area contributed by atoms with Crippen LogP contribution in [0.15, 0.2) is 103 Å². The molecule has 1 atom stereocenters. The quantitative estimate of drug-likeness (QED) is 0.194. The summed E-state index contributed by atoms with van der Waals surface area (Å²) < 4.78 is 11.6. The van der Waals surface area contributed by atoms with E-state index in [1.165, 1.54) is 11.1 Å².